The maximum atomic E-state index is 9.67. The van der Waals surface area contributed by atoms with Crippen LogP contribution in [0.5, 0.6) is 11.5 Å². The lowest BCUT2D eigenvalue weighted by Gasteiger charge is -2.29. The molecule has 25 heavy (non-hydrogen) atoms. The minimum atomic E-state index is 0.172. The predicted molar refractivity (Wildman–Crippen MR) is 107 cm³/mol. The van der Waals surface area contributed by atoms with Gasteiger partial charge >= 0.3 is 0 Å². The first-order valence-corrected chi connectivity index (χ1v) is 10.4. The number of nitrogens with zero attached hydrogens (tertiary/aromatic N) is 1. The van der Waals surface area contributed by atoms with Gasteiger partial charge in [0.15, 0.2) is 17.5 Å². The standard InChI is InChI=1S/C19H31N3O2S/c1-4-20-19(22-15-6-5-7-16(13-15)25-3)21-11-10-14-8-9-17(23)18(12-14)24-2/h8-9,12,15-16,23H,4-7,10-11,13H2,1-3H3,(H2,20,21,22). The molecule has 5 nitrogen and oxygen atoms in total. The number of guanidine groups is 1. The highest BCUT2D eigenvalue weighted by Crippen LogP contribution is 2.27. The molecule has 0 aliphatic heterocycles. The van der Waals surface area contributed by atoms with Crippen LogP contribution in [0, 0.1) is 0 Å². The van der Waals surface area contributed by atoms with E-state index < -0.39 is 0 Å². The van der Waals surface area contributed by atoms with Gasteiger partial charge < -0.3 is 20.5 Å². The molecule has 140 valence electrons. The zero-order chi connectivity index (χ0) is 18.1. The van der Waals surface area contributed by atoms with Gasteiger partial charge in [0, 0.05) is 24.4 Å². The second kappa shape index (κ2) is 10.4. The number of nitrogens with one attached hydrogen (secondary N) is 2. The zero-order valence-corrected chi connectivity index (χ0v) is 16.4. The van der Waals surface area contributed by atoms with E-state index in [0.717, 1.165) is 29.7 Å². The van der Waals surface area contributed by atoms with Crippen LogP contribution in [0.15, 0.2) is 23.2 Å². The lowest BCUT2D eigenvalue weighted by Crippen LogP contribution is -2.45. The maximum absolute atomic E-state index is 9.67. The Morgan fingerprint density at radius 3 is 2.96 bits per heavy atom. The largest absolute Gasteiger partial charge is 0.504 e. The molecule has 1 aliphatic carbocycles. The van der Waals surface area contributed by atoms with Crippen molar-refractivity contribution in [1.82, 2.24) is 10.6 Å². The first kappa shape index (κ1) is 19.8. The summed E-state index contributed by atoms with van der Waals surface area (Å²) in [6.45, 7) is 3.65. The molecule has 0 radical (unpaired) electrons. The summed E-state index contributed by atoms with van der Waals surface area (Å²) in [5.41, 5.74) is 1.11. The number of phenolic OH excluding ortho intramolecular Hbond substituents is 1. The van der Waals surface area contributed by atoms with E-state index in [1.807, 2.05) is 23.9 Å². The minimum absolute atomic E-state index is 0.172. The smallest absolute Gasteiger partial charge is 0.191 e. The molecule has 1 saturated carbocycles. The number of aliphatic imine (C=N–C) groups is 1. The van der Waals surface area contributed by atoms with Gasteiger partial charge in [-0.1, -0.05) is 12.5 Å². The molecule has 3 N–H and O–H groups in total. The second-order valence-corrected chi connectivity index (χ2v) is 7.52. The molecule has 0 spiro atoms. The number of benzene rings is 1. The topological polar surface area (TPSA) is 65.9 Å². The van der Waals surface area contributed by atoms with Crippen LogP contribution in [0.25, 0.3) is 0 Å². The van der Waals surface area contributed by atoms with Crippen LogP contribution in [-0.2, 0) is 6.42 Å². The highest BCUT2D eigenvalue weighted by Gasteiger charge is 2.21. The van der Waals surface area contributed by atoms with Crippen molar-refractivity contribution in [1.29, 1.82) is 0 Å². The van der Waals surface area contributed by atoms with Crippen LogP contribution in [0.1, 0.15) is 38.2 Å². The number of rotatable bonds is 7. The fourth-order valence-corrected chi connectivity index (χ4v) is 4.00. The molecule has 0 amide bonds. The molecule has 1 fully saturated rings. The molecule has 1 aliphatic rings. The SMILES string of the molecule is CCNC(=NCCc1ccc(O)c(OC)c1)NC1CCCC(SC)C1. The Hall–Kier alpha value is -1.56. The van der Waals surface area contributed by atoms with Crippen LogP contribution in [-0.4, -0.2) is 48.8 Å². The van der Waals surface area contributed by atoms with Crippen molar-refractivity contribution in [3.8, 4) is 11.5 Å². The third kappa shape index (κ3) is 6.34. The van der Waals surface area contributed by atoms with Crippen molar-refractivity contribution in [3.05, 3.63) is 23.8 Å². The summed E-state index contributed by atoms with van der Waals surface area (Å²) >= 11 is 1.98. The summed E-state index contributed by atoms with van der Waals surface area (Å²) in [4.78, 5) is 4.72. The quantitative estimate of drug-likeness (QED) is 0.512. The summed E-state index contributed by atoms with van der Waals surface area (Å²) in [7, 11) is 1.57. The number of phenols is 1. The lowest BCUT2D eigenvalue weighted by molar-refractivity contribution is 0.373. The molecular weight excluding hydrogens is 334 g/mol. The summed E-state index contributed by atoms with van der Waals surface area (Å²) in [6, 6.07) is 5.97. The second-order valence-electron chi connectivity index (χ2n) is 6.38. The van der Waals surface area contributed by atoms with E-state index in [-0.39, 0.29) is 5.75 Å². The number of methoxy groups -OCH3 is 1. The molecule has 0 heterocycles. The van der Waals surface area contributed by atoms with E-state index in [1.165, 1.54) is 25.7 Å². The van der Waals surface area contributed by atoms with Gasteiger partial charge in [0.1, 0.15) is 0 Å². The normalized spacial score (nSPS) is 21.0. The van der Waals surface area contributed by atoms with Crippen molar-refractivity contribution < 1.29 is 9.84 Å². The summed E-state index contributed by atoms with van der Waals surface area (Å²) in [5.74, 6) is 1.59. The minimum Gasteiger partial charge on any atom is -0.504 e. The van der Waals surface area contributed by atoms with Gasteiger partial charge in [-0.05, 0) is 56.6 Å². The van der Waals surface area contributed by atoms with Crippen molar-refractivity contribution in [3.63, 3.8) is 0 Å². The summed E-state index contributed by atoms with van der Waals surface area (Å²) in [5, 5.41) is 17.4. The number of hydrogen-bond acceptors (Lipinski definition) is 4. The molecular formula is C19H31N3O2S. The van der Waals surface area contributed by atoms with Crippen molar-refractivity contribution in [2.45, 2.75) is 50.3 Å². The van der Waals surface area contributed by atoms with Gasteiger partial charge in [-0.2, -0.15) is 11.8 Å². The van der Waals surface area contributed by atoms with Gasteiger partial charge in [-0.3, -0.25) is 4.99 Å². The zero-order valence-electron chi connectivity index (χ0n) is 15.5. The number of thioether (sulfide) groups is 1. The molecule has 0 aromatic heterocycles. The van der Waals surface area contributed by atoms with Crippen LogP contribution < -0.4 is 15.4 Å². The van der Waals surface area contributed by atoms with Gasteiger partial charge in [0.25, 0.3) is 0 Å². The van der Waals surface area contributed by atoms with E-state index in [1.54, 1.807) is 13.2 Å². The average Bonchev–Trinajstić information content (AvgIpc) is 2.63. The summed E-state index contributed by atoms with van der Waals surface area (Å²) < 4.78 is 5.16. The fourth-order valence-electron chi connectivity index (χ4n) is 3.18. The number of hydrogen-bond donors (Lipinski definition) is 3. The van der Waals surface area contributed by atoms with Crippen LogP contribution in [0.3, 0.4) is 0 Å². The predicted octanol–water partition coefficient (Wildman–Crippen LogP) is 3.17. The van der Waals surface area contributed by atoms with E-state index in [9.17, 15) is 5.11 Å². The third-order valence-corrected chi connectivity index (χ3v) is 5.65. The Balaban J connectivity index is 1.90. The Morgan fingerprint density at radius 1 is 1.40 bits per heavy atom. The van der Waals surface area contributed by atoms with Crippen molar-refractivity contribution in [2.75, 3.05) is 26.5 Å². The first-order valence-electron chi connectivity index (χ1n) is 9.09. The molecule has 2 unspecified atom stereocenters. The Morgan fingerprint density at radius 2 is 2.24 bits per heavy atom. The molecule has 1 aromatic rings. The maximum Gasteiger partial charge on any atom is 0.191 e. The molecule has 6 heteroatoms. The molecule has 1 aromatic carbocycles. The number of ether oxygens (including phenoxy) is 1. The van der Waals surface area contributed by atoms with Gasteiger partial charge in [-0.25, -0.2) is 0 Å². The van der Waals surface area contributed by atoms with Crippen LogP contribution in [0.4, 0.5) is 0 Å². The van der Waals surface area contributed by atoms with Gasteiger partial charge in [0.2, 0.25) is 0 Å². The molecule has 0 bridgehead atoms. The van der Waals surface area contributed by atoms with Gasteiger partial charge in [-0.15, -0.1) is 0 Å². The fraction of sp³-hybridized carbons (Fsp3) is 0.632. The highest BCUT2D eigenvalue weighted by molar-refractivity contribution is 7.99. The average molecular weight is 366 g/mol. The van der Waals surface area contributed by atoms with E-state index in [0.29, 0.717) is 18.3 Å². The lowest BCUT2D eigenvalue weighted by atomic mass is 9.95. The highest BCUT2D eigenvalue weighted by atomic mass is 32.2. The third-order valence-electron chi connectivity index (χ3n) is 4.56. The van der Waals surface area contributed by atoms with Gasteiger partial charge in [0.05, 0.1) is 7.11 Å². The number of aromatic hydroxyl groups is 1. The molecule has 2 rings (SSSR count). The molecule has 2 atom stereocenters. The Labute approximate surface area is 155 Å². The van der Waals surface area contributed by atoms with Crippen LogP contribution >= 0.6 is 11.8 Å². The Kier molecular flexibility index (Phi) is 8.25. The van der Waals surface area contributed by atoms with Crippen LogP contribution in [0.2, 0.25) is 0 Å². The first-order chi connectivity index (χ1) is 12.2. The monoisotopic (exact) mass is 365 g/mol. The van der Waals surface area contributed by atoms with E-state index >= 15 is 0 Å². The van der Waals surface area contributed by atoms with E-state index in [4.69, 9.17) is 9.73 Å². The van der Waals surface area contributed by atoms with E-state index in [2.05, 4.69) is 23.8 Å². The van der Waals surface area contributed by atoms with Crippen molar-refractivity contribution in [2.24, 2.45) is 4.99 Å². The summed E-state index contributed by atoms with van der Waals surface area (Å²) in [6.07, 6.45) is 8.06. The Bertz CT molecular complexity index is 566. The van der Waals surface area contributed by atoms with Crippen molar-refractivity contribution >= 4 is 17.7 Å². The molecule has 0 saturated heterocycles.